The molecule has 0 aliphatic carbocycles. The highest BCUT2D eigenvalue weighted by Crippen LogP contribution is 2.30. The van der Waals surface area contributed by atoms with Crippen LogP contribution < -0.4 is 10.5 Å². The number of pyridine rings is 1. The molecule has 2 aromatic heterocycles. The number of benzene rings is 1. The highest BCUT2D eigenvalue weighted by molar-refractivity contribution is 9.10. The topological polar surface area (TPSA) is 66.0 Å². The lowest BCUT2D eigenvalue weighted by atomic mass is 10.2. The Balaban J connectivity index is 2.29. The molecule has 0 radical (unpaired) electrons. The number of methoxy groups -OCH3 is 1. The number of anilines is 1. The van der Waals surface area contributed by atoms with Crippen molar-refractivity contribution >= 4 is 33.0 Å². The minimum atomic E-state index is 0.408. The fraction of sp³-hybridized carbons (Fsp3) is 0.143. The van der Waals surface area contributed by atoms with E-state index in [0.29, 0.717) is 5.95 Å². The summed E-state index contributed by atoms with van der Waals surface area (Å²) >= 11 is 3.44. The summed E-state index contributed by atoms with van der Waals surface area (Å²) in [6.07, 6.45) is 1.76. The Kier molecular flexibility index (Phi) is 3.10. The van der Waals surface area contributed by atoms with E-state index in [9.17, 15) is 0 Å². The van der Waals surface area contributed by atoms with Crippen molar-refractivity contribution in [1.82, 2.24) is 14.5 Å². The highest BCUT2D eigenvalue weighted by atomic mass is 79.9. The molecule has 0 atom stereocenters. The molecule has 0 aliphatic rings. The predicted octanol–water partition coefficient (Wildman–Crippen LogP) is 3.08. The Morgan fingerprint density at radius 1 is 1.30 bits per heavy atom. The maximum absolute atomic E-state index is 6.04. The molecule has 0 saturated heterocycles. The summed E-state index contributed by atoms with van der Waals surface area (Å²) in [7, 11) is 1.63. The van der Waals surface area contributed by atoms with Gasteiger partial charge in [-0.25, -0.2) is 9.97 Å². The van der Waals surface area contributed by atoms with Crippen molar-refractivity contribution in [2.75, 3.05) is 12.8 Å². The van der Waals surface area contributed by atoms with Crippen LogP contribution in [0.15, 0.2) is 34.9 Å². The number of rotatable bonds is 2. The quantitative estimate of drug-likeness (QED) is 0.783. The maximum Gasteiger partial charge on any atom is 0.207 e. The molecule has 0 unspecified atom stereocenters. The van der Waals surface area contributed by atoms with E-state index in [4.69, 9.17) is 10.5 Å². The van der Waals surface area contributed by atoms with E-state index < -0.39 is 0 Å². The molecule has 0 fully saturated rings. The highest BCUT2D eigenvalue weighted by Gasteiger charge is 2.14. The number of nitrogen functional groups attached to an aromatic ring is 1. The van der Waals surface area contributed by atoms with Crippen LogP contribution in [0.1, 0.15) is 5.56 Å². The summed E-state index contributed by atoms with van der Waals surface area (Å²) in [5.41, 5.74) is 9.51. The van der Waals surface area contributed by atoms with Crippen molar-refractivity contribution in [1.29, 1.82) is 0 Å². The van der Waals surface area contributed by atoms with Crippen molar-refractivity contribution in [3.8, 4) is 11.4 Å². The lowest BCUT2D eigenvalue weighted by Gasteiger charge is -2.09. The van der Waals surface area contributed by atoms with E-state index in [1.165, 1.54) is 0 Å². The lowest BCUT2D eigenvalue weighted by molar-refractivity contribution is 0.412. The number of halogens is 1. The second-order valence-corrected chi connectivity index (χ2v) is 5.28. The first kappa shape index (κ1) is 12.9. The van der Waals surface area contributed by atoms with Crippen molar-refractivity contribution < 1.29 is 4.74 Å². The van der Waals surface area contributed by atoms with Crippen LogP contribution in [0.5, 0.6) is 5.75 Å². The molecule has 0 amide bonds. The van der Waals surface area contributed by atoms with Gasteiger partial charge >= 0.3 is 0 Å². The Morgan fingerprint density at radius 2 is 2.10 bits per heavy atom. The molecule has 0 saturated carbocycles. The van der Waals surface area contributed by atoms with E-state index in [-0.39, 0.29) is 0 Å². The van der Waals surface area contributed by atoms with Crippen molar-refractivity contribution in [3.63, 3.8) is 0 Å². The number of hydrogen-bond donors (Lipinski definition) is 1. The van der Waals surface area contributed by atoms with Gasteiger partial charge in [-0.1, -0.05) is 0 Å². The first-order valence-electron chi connectivity index (χ1n) is 6.05. The molecule has 0 bridgehead atoms. The van der Waals surface area contributed by atoms with Crippen LogP contribution >= 0.6 is 15.9 Å². The second kappa shape index (κ2) is 4.79. The summed E-state index contributed by atoms with van der Waals surface area (Å²) in [6, 6.07) is 7.66. The van der Waals surface area contributed by atoms with E-state index in [1.54, 1.807) is 13.3 Å². The minimum absolute atomic E-state index is 0.408. The zero-order valence-corrected chi connectivity index (χ0v) is 12.7. The Labute approximate surface area is 124 Å². The normalized spacial score (nSPS) is 10.9. The molecule has 20 heavy (non-hydrogen) atoms. The van der Waals surface area contributed by atoms with Crippen LogP contribution in [0.3, 0.4) is 0 Å². The number of aryl methyl sites for hydroxylation is 1. The molecular weight excluding hydrogens is 320 g/mol. The third-order valence-electron chi connectivity index (χ3n) is 3.17. The zero-order valence-electron chi connectivity index (χ0n) is 11.1. The van der Waals surface area contributed by atoms with Gasteiger partial charge in [-0.2, -0.15) is 0 Å². The molecule has 5 nitrogen and oxygen atoms in total. The number of nitrogens with two attached hydrogens (primary N) is 1. The van der Waals surface area contributed by atoms with Gasteiger partial charge in [0.2, 0.25) is 5.95 Å². The second-order valence-electron chi connectivity index (χ2n) is 4.42. The molecule has 0 aliphatic heterocycles. The Morgan fingerprint density at radius 3 is 2.85 bits per heavy atom. The molecule has 3 aromatic rings. The molecular formula is C14H13BrN4O. The van der Waals surface area contributed by atoms with E-state index in [0.717, 1.165) is 32.6 Å². The van der Waals surface area contributed by atoms with Gasteiger partial charge in [-0.15, -0.1) is 0 Å². The molecule has 1 aromatic carbocycles. The summed E-state index contributed by atoms with van der Waals surface area (Å²) in [6.45, 7) is 1.99. The van der Waals surface area contributed by atoms with Gasteiger partial charge in [0.1, 0.15) is 11.3 Å². The van der Waals surface area contributed by atoms with Crippen LogP contribution in [-0.2, 0) is 0 Å². The van der Waals surface area contributed by atoms with Crippen LogP contribution in [0.4, 0.5) is 5.95 Å². The molecule has 102 valence electrons. The Bertz CT molecular complexity index is 797. The van der Waals surface area contributed by atoms with Crippen molar-refractivity contribution in [2.24, 2.45) is 0 Å². The average Bonchev–Trinajstić information content (AvgIpc) is 2.77. The fourth-order valence-corrected chi connectivity index (χ4v) is 2.56. The van der Waals surface area contributed by atoms with Crippen LogP contribution in [0.25, 0.3) is 16.9 Å². The summed E-state index contributed by atoms with van der Waals surface area (Å²) < 4.78 is 8.02. The van der Waals surface area contributed by atoms with Crippen LogP contribution in [-0.4, -0.2) is 21.6 Å². The van der Waals surface area contributed by atoms with Gasteiger partial charge in [-0.3, -0.25) is 4.57 Å². The van der Waals surface area contributed by atoms with E-state index >= 15 is 0 Å². The number of aromatic nitrogens is 3. The van der Waals surface area contributed by atoms with Gasteiger partial charge in [0.15, 0.2) is 5.65 Å². The van der Waals surface area contributed by atoms with Gasteiger partial charge in [0.25, 0.3) is 0 Å². The first-order chi connectivity index (χ1) is 9.61. The van der Waals surface area contributed by atoms with Crippen molar-refractivity contribution in [2.45, 2.75) is 6.92 Å². The maximum atomic E-state index is 6.04. The monoisotopic (exact) mass is 332 g/mol. The van der Waals surface area contributed by atoms with E-state index in [1.807, 2.05) is 35.8 Å². The SMILES string of the molecule is COc1cc(-n2c(N)nc3c(C)ccnc32)ccc1Br. The number of ether oxygens (including phenoxy) is 1. The lowest BCUT2D eigenvalue weighted by Crippen LogP contribution is -2.01. The summed E-state index contributed by atoms with van der Waals surface area (Å²) in [5, 5.41) is 0. The number of imidazole rings is 1. The molecule has 6 heteroatoms. The van der Waals surface area contributed by atoms with Crippen LogP contribution in [0.2, 0.25) is 0 Å². The summed E-state index contributed by atoms with van der Waals surface area (Å²) in [5.74, 6) is 1.14. The van der Waals surface area contributed by atoms with Gasteiger partial charge in [0, 0.05) is 12.3 Å². The largest absolute Gasteiger partial charge is 0.495 e. The summed E-state index contributed by atoms with van der Waals surface area (Å²) in [4.78, 5) is 8.78. The third-order valence-corrected chi connectivity index (χ3v) is 3.82. The average molecular weight is 333 g/mol. The fourth-order valence-electron chi connectivity index (χ4n) is 2.15. The zero-order chi connectivity index (χ0) is 14.3. The van der Waals surface area contributed by atoms with Gasteiger partial charge in [-0.05, 0) is 46.6 Å². The van der Waals surface area contributed by atoms with Gasteiger partial charge < -0.3 is 10.5 Å². The van der Waals surface area contributed by atoms with Crippen LogP contribution in [0, 0.1) is 6.92 Å². The van der Waals surface area contributed by atoms with Crippen molar-refractivity contribution in [3.05, 3.63) is 40.5 Å². The standard InChI is InChI=1S/C14H13BrN4O/c1-8-5-6-17-13-12(8)18-14(16)19(13)9-3-4-10(15)11(7-9)20-2/h3-7H,1-2H3,(H2,16,18). The molecule has 0 spiro atoms. The van der Waals surface area contributed by atoms with E-state index in [2.05, 4.69) is 25.9 Å². The van der Waals surface area contributed by atoms with Gasteiger partial charge in [0.05, 0.1) is 17.3 Å². The number of fused-ring (bicyclic) bond motifs is 1. The smallest absolute Gasteiger partial charge is 0.207 e. The molecule has 2 N–H and O–H groups in total. The number of nitrogens with zero attached hydrogens (tertiary/aromatic N) is 3. The minimum Gasteiger partial charge on any atom is -0.495 e. The number of hydrogen-bond acceptors (Lipinski definition) is 4. The molecule has 3 rings (SSSR count). The third kappa shape index (κ3) is 1.92. The predicted molar refractivity (Wildman–Crippen MR) is 82.3 cm³/mol. The first-order valence-corrected chi connectivity index (χ1v) is 6.84. The molecule has 2 heterocycles. The Hall–Kier alpha value is -2.08.